The predicted octanol–water partition coefficient (Wildman–Crippen LogP) is 3.96. The second-order valence-electron chi connectivity index (χ2n) is 4.16. The van der Waals surface area contributed by atoms with E-state index in [1.807, 2.05) is 0 Å². The minimum absolute atomic E-state index is 0.625. The predicted molar refractivity (Wildman–Crippen MR) is 70.3 cm³/mol. The van der Waals surface area contributed by atoms with Crippen LogP contribution >= 0.6 is 8.58 Å². The van der Waals surface area contributed by atoms with Gasteiger partial charge in [0.2, 0.25) is 0 Å². The Kier molecular flexibility index (Phi) is 3.38. The van der Waals surface area contributed by atoms with Crippen molar-refractivity contribution in [1.82, 2.24) is 0 Å². The highest BCUT2D eigenvalue weighted by Crippen LogP contribution is 2.30. The molecule has 15 heavy (non-hydrogen) atoms. The average Bonchev–Trinajstić information content (AvgIpc) is 2.71. The summed E-state index contributed by atoms with van der Waals surface area (Å²) in [6.07, 6.45) is 7.94. The molecule has 0 aliphatic heterocycles. The fraction of sp³-hybridized carbons (Fsp3) is 0.286. The van der Waals surface area contributed by atoms with Crippen molar-refractivity contribution >= 4 is 13.9 Å². The molecule has 0 saturated carbocycles. The number of benzene rings is 1. The number of rotatable bonds is 3. The normalized spacial score (nSPS) is 15.5. The molecule has 0 radical (unpaired) electrons. The number of hydrogen-bond acceptors (Lipinski definition) is 0. The van der Waals surface area contributed by atoms with Crippen molar-refractivity contribution in [3.8, 4) is 0 Å². The molecular formula is C14H17P. The van der Waals surface area contributed by atoms with Crippen molar-refractivity contribution in [3.63, 3.8) is 0 Å². The van der Waals surface area contributed by atoms with Gasteiger partial charge >= 0.3 is 0 Å². The third-order valence-electron chi connectivity index (χ3n) is 2.63. The average molecular weight is 216 g/mol. The lowest BCUT2D eigenvalue weighted by Gasteiger charge is -2.12. The van der Waals surface area contributed by atoms with E-state index < -0.39 is 0 Å². The Morgan fingerprint density at radius 3 is 2.67 bits per heavy atom. The highest BCUT2D eigenvalue weighted by molar-refractivity contribution is 7.52. The summed E-state index contributed by atoms with van der Waals surface area (Å²) in [5.74, 6) is 0.625. The van der Waals surface area contributed by atoms with Gasteiger partial charge in [-0.25, -0.2) is 0 Å². The molecule has 0 N–H and O–H groups in total. The molecule has 2 rings (SSSR count). The molecule has 0 fully saturated rings. The molecule has 0 nitrogen and oxygen atoms in total. The van der Waals surface area contributed by atoms with Crippen LogP contribution in [0.15, 0.2) is 47.8 Å². The summed E-state index contributed by atoms with van der Waals surface area (Å²) in [5.41, 5.74) is 1.50. The summed E-state index contributed by atoms with van der Waals surface area (Å²) >= 11 is 0. The lowest BCUT2D eigenvalue weighted by Crippen LogP contribution is -2.05. The van der Waals surface area contributed by atoms with Crippen molar-refractivity contribution < 1.29 is 0 Å². The van der Waals surface area contributed by atoms with E-state index in [0.29, 0.717) is 5.92 Å². The highest BCUT2D eigenvalue weighted by Gasteiger charge is 2.07. The zero-order chi connectivity index (χ0) is 10.7. The molecule has 1 aromatic rings. The molecule has 1 aliphatic rings. The Morgan fingerprint density at radius 2 is 2.00 bits per heavy atom. The minimum Gasteiger partial charge on any atom is -0.0801 e. The number of allylic oxidation sites excluding steroid dienone is 4. The Hall–Kier alpha value is -0.870. The summed E-state index contributed by atoms with van der Waals surface area (Å²) < 4.78 is 0. The highest BCUT2D eigenvalue weighted by atomic mass is 31.1. The van der Waals surface area contributed by atoms with Crippen LogP contribution in [0, 0.1) is 0 Å². The fourth-order valence-electron chi connectivity index (χ4n) is 1.82. The van der Waals surface area contributed by atoms with Crippen LogP contribution in [0.3, 0.4) is 0 Å². The zero-order valence-electron chi connectivity index (χ0n) is 9.33. The van der Waals surface area contributed by atoms with Gasteiger partial charge in [-0.2, -0.15) is 0 Å². The summed E-state index contributed by atoms with van der Waals surface area (Å²) in [6, 6.07) is 8.81. The molecule has 1 atom stereocenters. The van der Waals surface area contributed by atoms with Crippen molar-refractivity contribution in [3.05, 3.63) is 53.4 Å². The summed E-state index contributed by atoms with van der Waals surface area (Å²) in [7, 11) is 0.824. The maximum Gasteiger partial charge on any atom is -0.0156 e. The van der Waals surface area contributed by atoms with Crippen LogP contribution in [0.4, 0.5) is 0 Å². The first-order chi connectivity index (χ1) is 7.27. The Labute approximate surface area is 93.9 Å². The van der Waals surface area contributed by atoms with Crippen LogP contribution in [0.25, 0.3) is 0 Å². The molecule has 0 amide bonds. The van der Waals surface area contributed by atoms with E-state index in [-0.39, 0.29) is 0 Å². The van der Waals surface area contributed by atoms with E-state index in [1.165, 1.54) is 16.2 Å². The second-order valence-corrected chi connectivity index (χ2v) is 5.53. The number of hydrogen-bond donors (Lipinski definition) is 0. The first kappa shape index (κ1) is 10.6. The first-order valence-corrected chi connectivity index (χ1v) is 6.50. The molecule has 1 aliphatic carbocycles. The van der Waals surface area contributed by atoms with Gasteiger partial charge < -0.3 is 0 Å². The van der Waals surface area contributed by atoms with E-state index >= 15 is 0 Å². The van der Waals surface area contributed by atoms with Gasteiger partial charge in [0, 0.05) is 0 Å². The summed E-state index contributed by atoms with van der Waals surface area (Å²) in [5, 5.41) is 2.99. The molecule has 0 aromatic heterocycles. The van der Waals surface area contributed by atoms with Crippen LogP contribution in [0.1, 0.15) is 31.7 Å². The van der Waals surface area contributed by atoms with Crippen LogP contribution in [-0.4, -0.2) is 0 Å². The van der Waals surface area contributed by atoms with Crippen molar-refractivity contribution in [2.45, 2.75) is 26.2 Å². The first-order valence-electron chi connectivity index (χ1n) is 5.50. The van der Waals surface area contributed by atoms with Gasteiger partial charge in [0.25, 0.3) is 0 Å². The lowest BCUT2D eigenvalue weighted by molar-refractivity contribution is 0.874. The lowest BCUT2D eigenvalue weighted by atomic mass is 10.0. The van der Waals surface area contributed by atoms with Gasteiger partial charge in [0.05, 0.1) is 0 Å². The van der Waals surface area contributed by atoms with Crippen molar-refractivity contribution in [2.24, 2.45) is 0 Å². The Bertz CT molecular complexity index is 400. The van der Waals surface area contributed by atoms with Gasteiger partial charge in [0.1, 0.15) is 0 Å². The van der Waals surface area contributed by atoms with Gasteiger partial charge in [-0.3, -0.25) is 0 Å². The van der Waals surface area contributed by atoms with Crippen LogP contribution in [-0.2, 0) is 0 Å². The second kappa shape index (κ2) is 4.77. The summed E-state index contributed by atoms with van der Waals surface area (Å²) in [6.45, 7) is 4.53. The maximum atomic E-state index is 2.33. The molecular weight excluding hydrogens is 199 g/mol. The molecule has 0 saturated heterocycles. The Balaban J connectivity index is 2.23. The SMILES string of the molecule is CC(C)c1ccccc1PC1=CCC=C1. The molecule has 0 spiro atoms. The molecule has 1 heteroatoms. The standard InChI is InChI=1S/C14H17P/c1-11(2)13-9-5-6-10-14(13)15-12-7-3-4-8-12/h3,5-11,15H,4H2,1-2H3. The van der Waals surface area contributed by atoms with Crippen molar-refractivity contribution in [2.75, 3.05) is 0 Å². The van der Waals surface area contributed by atoms with Crippen LogP contribution < -0.4 is 5.30 Å². The van der Waals surface area contributed by atoms with E-state index in [0.717, 1.165) is 15.0 Å². The van der Waals surface area contributed by atoms with Crippen molar-refractivity contribution in [1.29, 1.82) is 0 Å². The smallest absolute Gasteiger partial charge is 0.0156 e. The largest absolute Gasteiger partial charge is 0.0801 e. The third kappa shape index (κ3) is 2.58. The van der Waals surface area contributed by atoms with E-state index in [9.17, 15) is 0 Å². The maximum absolute atomic E-state index is 2.33. The quantitative estimate of drug-likeness (QED) is 0.671. The van der Waals surface area contributed by atoms with Gasteiger partial charge in [0.15, 0.2) is 0 Å². The molecule has 1 aromatic carbocycles. The van der Waals surface area contributed by atoms with Crippen LogP contribution in [0.5, 0.6) is 0 Å². The van der Waals surface area contributed by atoms with Gasteiger partial charge in [-0.15, -0.1) is 0 Å². The molecule has 78 valence electrons. The zero-order valence-corrected chi connectivity index (χ0v) is 10.3. The fourth-order valence-corrected chi connectivity index (χ4v) is 3.25. The van der Waals surface area contributed by atoms with Crippen LogP contribution in [0.2, 0.25) is 0 Å². The molecule has 1 unspecified atom stereocenters. The van der Waals surface area contributed by atoms with Gasteiger partial charge in [-0.05, 0) is 28.5 Å². The topological polar surface area (TPSA) is 0 Å². The minimum atomic E-state index is 0.625. The molecule has 0 bridgehead atoms. The third-order valence-corrected chi connectivity index (χ3v) is 4.02. The van der Waals surface area contributed by atoms with E-state index in [1.54, 1.807) is 0 Å². The van der Waals surface area contributed by atoms with E-state index in [2.05, 4.69) is 56.3 Å². The summed E-state index contributed by atoms with van der Waals surface area (Å²) in [4.78, 5) is 0. The molecule has 0 heterocycles. The van der Waals surface area contributed by atoms with Gasteiger partial charge in [-0.1, -0.05) is 64.9 Å². The Morgan fingerprint density at radius 1 is 1.20 bits per heavy atom. The monoisotopic (exact) mass is 216 g/mol. The van der Waals surface area contributed by atoms with E-state index in [4.69, 9.17) is 0 Å².